The Bertz CT molecular complexity index is 564. The van der Waals surface area contributed by atoms with Crippen molar-refractivity contribution in [2.24, 2.45) is 0 Å². The van der Waals surface area contributed by atoms with Gasteiger partial charge in [-0.25, -0.2) is 0 Å². The van der Waals surface area contributed by atoms with E-state index in [2.05, 4.69) is 5.32 Å². The van der Waals surface area contributed by atoms with Crippen LogP contribution < -0.4 is 5.32 Å². The second-order valence-corrected chi connectivity index (χ2v) is 8.79. The predicted octanol–water partition coefficient (Wildman–Crippen LogP) is 4.32. The minimum atomic E-state index is -0.888. The van der Waals surface area contributed by atoms with Crippen LogP contribution in [-0.2, 0) is 4.79 Å². The van der Waals surface area contributed by atoms with Crippen LogP contribution in [0.2, 0.25) is 0 Å². The number of carbonyl (C=O) groups is 2. The van der Waals surface area contributed by atoms with E-state index in [-0.39, 0.29) is 12.3 Å². The summed E-state index contributed by atoms with van der Waals surface area (Å²) in [4.78, 5) is 23.6. The van der Waals surface area contributed by atoms with Gasteiger partial charge < -0.3 is 10.4 Å². The van der Waals surface area contributed by atoms with E-state index >= 15 is 0 Å². The van der Waals surface area contributed by atoms with Gasteiger partial charge in [0.15, 0.2) is 0 Å². The number of benzene rings is 1. The fourth-order valence-corrected chi connectivity index (χ4v) is 5.69. The largest absolute Gasteiger partial charge is 0.481 e. The number of carbonyl (C=O) groups excluding carboxylic acids is 1. The van der Waals surface area contributed by atoms with Crippen molar-refractivity contribution < 1.29 is 14.7 Å². The van der Waals surface area contributed by atoms with E-state index in [1.807, 2.05) is 61.6 Å². The van der Waals surface area contributed by atoms with E-state index in [4.69, 9.17) is 5.11 Å². The topological polar surface area (TPSA) is 66.4 Å². The Kier molecular flexibility index (Phi) is 7.04. The van der Waals surface area contributed by atoms with E-state index in [0.717, 1.165) is 0 Å². The Hall–Kier alpha value is -1.14. The Labute approximate surface area is 152 Å². The summed E-state index contributed by atoms with van der Waals surface area (Å²) < 4.78 is 0.452. The molecule has 0 aliphatic carbocycles. The van der Waals surface area contributed by atoms with Crippen molar-refractivity contribution in [3.8, 4) is 0 Å². The molecule has 132 valence electrons. The number of nitrogens with one attached hydrogen (secondary N) is 1. The summed E-state index contributed by atoms with van der Waals surface area (Å²) in [5.41, 5.74) is 1.14. The summed E-state index contributed by atoms with van der Waals surface area (Å²) in [6.45, 7) is 3.82. The van der Waals surface area contributed by atoms with Gasteiger partial charge in [-0.2, -0.15) is 0 Å². The first-order valence-corrected chi connectivity index (χ1v) is 10.5. The lowest BCUT2D eigenvalue weighted by molar-refractivity contribution is -0.138. The van der Waals surface area contributed by atoms with Crippen LogP contribution in [0.25, 0.3) is 0 Å². The highest BCUT2D eigenvalue weighted by Gasteiger charge is 2.31. The van der Waals surface area contributed by atoms with E-state index < -0.39 is 11.5 Å². The quantitative estimate of drug-likeness (QED) is 0.751. The molecule has 4 nitrogen and oxygen atoms in total. The maximum Gasteiger partial charge on any atom is 0.305 e. The van der Waals surface area contributed by atoms with Gasteiger partial charge in [0.05, 0.1) is 16.5 Å². The number of thioether (sulfide) groups is 2. The maximum atomic E-state index is 12.5. The van der Waals surface area contributed by atoms with Gasteiger partial charge in [-0.05, 0) is 48.5 Å². The summed E-state index contributed by atoms with van der Waals surface area (Å²) in [6.07, 6.45) is 2.38. The Balaban J connectivity index is 2.07. The summed E-state index contributed by atoms with van der Waals surface area (Å²) in [5, 5.41) is 12.1. The molecule has 1 saturated heterocycles. The normalized spacial score (nSPS) is 15.9. The van der Waals surface area contributed by atoms with Crippen LogP contribution in [0, 0.1) is 0 Å². The molecule has 1 aromatic rings. The molecule has 1 fully saturated rings. The molecule has 1 aliphatic heterocycles. The third-order valence-corrected chi connectivity index (χ3v) is 7.51. The lowest BCUT2D eigenvalue weighted by Crippen LogP contribution is -2.49. The zero-order chi connectivity index (χ0) is 17.6. The number of rotatable bonds is 7. The molecule has 6 heteroatoms. The van der Waals surface area contributed by atoms with Crippen LogP contribution in [0.3, 0.4) is 0 Å². The zero-order valence-electron chi connectivity index (χ0n) is 14.2. The molecule has 1 aromatic carbocycles. The first-order chi connectivity index (χ1) is 11.5. The first kappa shape index (κ1) is 19.2. The molecule has 0 spiro atoms. The van der Waals surface area contributed by atoms with Crippen molar-refractivity contribution in [1.29, 1.82) is 0 Å². The number of carboxylic acid groups (broad SMARTS) is 1. The van der Waals surface area contributed by atoms with Gasteiger partial charge >= 0.3 is 5.97 Å². The molecule has 1 amide bonds. The average Bonchev–Trinajstić information content (AvgIpc) is 2.61. The van der Waals surface area contributed by atoms with E-state index in [9.17, 15) is 9.59 Å². The number of amides is 1. The third kappa shape index (κ3) is 4.93. The lowest BCUT2D eigenvalue weighted by atomic mass is 9.88. The Morgan fingerprint density at radius 3 is 2.25 bits per heavy atom. The smallest absolute Gasteiger partial charge is 0.305 e. The Morgan fingerprint density at radius 2 is 1.75 bits per heavy atom. The van der Waals surface area contributed by atoms with Gasteiger partial charge in [0.2, 0.25) is 0 Å². The Morgan fingerprint density at radius 1 is 1.17 bits per heavy atom. The number of hydrogen-bond donors (Lipinski definition) is 2. The molecule has 0 atom stereocenters. The standard InChI is InChI=1S/C18H25NO3S2/c1-3-18(4-2,12-15(20)21)19-16(22)13-6-8-14(9-7-13)17-23-10-5-11-24-17/h6-9,17H,3-5,10-12H2,1-2H3,(H,19,22)(H,20,21). The SMILES string of the molecule is CCC(CC)(CC(=O)O)NC(=O)c1ccc(C2SCCCS2)cc1. The van der Waals surface area contributed by atoms with E-state index in [0.29, 0.717) is 23.0 Å². The van der Waals surface area contributed by atoms with Crippen molar-refractivity contribution in [3.63, 3.8) is 0 Å². The van der Waals surface area contributed by atoms with Gasteiger partial charge in [-0.15, -0.1) is 23.5 Å². The molecule has 2 N–H and O–H groups in total. The van der Waals surface area contributed by atoms with Crippen LogP contribution in [-0.4, -0.2) is 34.0 Å². The van der Waals surface area contributed by atoms with Crippen molar-refractivity contribution in [2.75, 3.05) is 11.5 Å². The second kappa shape index (κ2) is 8.81. The fourth-order valence-electron chi connectivity index (χ4n) is 2.80. The highest BCUT2D eigenvalue weighted by molar-refractivity contribution is 8.16. The predicted molar refractivity (Wildman–Crippen MR) is 102 cm³/mol. The monoisotopic (exact) mass is 367 g/mol. The highest BCUT2D eigenvalue weighted by Crippen LogP contribution is 2.43. The molecule has 0 radical (unpaired) electrons. The van der Waals surface area contributed by atoms with Crippen LogP contribution in [0.1, 0.15) is 60.0 Å². The minimum absolute atomic E-state index is 0.0564. The molecular formula is C18H25NO3S2. The number of aliphatic carboxylic acids is 1. The minimum Gasteiger partial charge on any atom is -0.481 e. The van der Waals surface area contributed by atoms with Crippen molar-refractivity contribution in [1.82, 2.24) is 5.32 Å². The zero-order valence-corrected chi connectivity index (χ0v) is 15.8. The number of carboxylic acids is 1. The summed E-state index contributed by atoms with van der Waals surface area (Å²) in [7, 11) is 0. The molecule has 2 rings (SSSR count). The van der Waals surface area contributed by atoms with Gasteiger partial charge in [0, 0.05) is 5.56 Å². The summed E-state index contributed by atoms with van der Waals surface area (Å²) >= 11 is 3.90. The third-order valence-electron chi connectivity index (χ3n) is 4.49. The van der Waals surface area contributed by atoms with Gasteiger partial charge in [0.25, 0.3) is 5.91 Å². The lowest BCUT2D eigenvalue weighted by Gasteiger charge is -2.31. The molecular weight excluding hydrogens is 342 g/mol. The van der Waals surface area contributed by atoms with Gasteiger partial charge in [-0.1, -0.05) is 26.0 Å². The number of hydrogen-bond acceptors (Lipinski definition) is 4. The molecule has 0 unspecified atom stereocenters. The van der Waals surface area contributed by atoms with Gasteiger partial charge in [0.1, 0.15) is 0 Å². The molecule has 24 heavy (non-hydrogen) atoms. The van der Waals surface area contributed by atoms with E-state index in [1.165, 1.54) is 23.5 Å². The highest BCUT2D eigenvalue weighted by atomic mass is 32.2. The first-order valence-electron chi connectivity index (χ1n) is 8.37. The van der Waals surface area contributed by atoms with Crippen molar-refractivity contribution >= 4 is 35.4 Å². The van der Waals surface area contributed by atoms with E-state index in [1.54, 1.807) is 0 Å². The molecule has 1 heterocycles. The molecule has 0 bridgehead atoms. The summed E-state index contributed by atoms with van der Waals surface area (Å²) in [5.74, 6) is 1.28. The van der Waals surface area contributed by atoms with Crippen molar-refractivity contribution in [2.45, 2.75) is 49.7 Å². The van der Waals surface area contributed by atoms with Gasteiger partial charge in [-0.3, -0.25) is 9.59 Å². The van der Waals surface area contributed by atoms with Crippen LogP contribution >= 0.6 is 23.5 Å². The average molecular weight is 368 g/mol. The second-order valence-electron chi connectivity index (χ2n) is 6.06. The molecule has 0 aromatic heterocycles. The van der Waals surface area contributed by atoms with Crippen LogP contribution in [0.5, 0.6) is 0 Å². The molecule has 1 aliphatic rings. The maximum absolute atomic E-state index is 12.5. The molecule has 0 saturated carbocycles. The van der Waals surface area contributed by atoms with Crippen LogP contribution in [0.4, 0.5) is 0 Å². The van der Waals surface area contributed by atoms with Crippen LogP contribution in [0.15, 0.2) is 24.3 Å². The fraction of sp³-hybridized carbons (Fsp3) is 0.556. The summed E-state index contributed by atoms with van der Waals surface area (Å²) in [6, 6.07) is 7.72. The van der Waals surface area contributed by atoms with Crippen molar-refractivity contribution in [3.05, 3.63) is 35.4 Å².